The van der Waals surface area contributed by atoms with Crippen molar-refractivity contribution in [1.82, 2.24) is 9.80 Å². The summed E-state index contributed by atoms with van der Waals surface area (Å²) < 4.78 is 0. The minimum absolute atomic E-state index is 0.688. The highest BCUT2D eigenvalue weighted by Gasteiger charge is 2.55. The van der Waals surface area contributed by atoms with Crippen molar-refractivity contribution < 1.29 is 0 Å². The first-order valence-electron chi connectivity index (χ1n) is 5.46. The van der Waals surface area contributed by atoms with Gasteiger partial charge in [0.1, 0.15) is 0 Å². The van der Waals surface area contributed by atoms with Gasteiger partial charge in [0.15, 0.2) is 0 Å². The first kappa shape index (κ1) is 9.47. The van der Waals surface area contributed by atoms with E-state index >= 15 is 0 Å². The molecule has 2 heteroatoms. The van der Waals surface area contributed by atoms with Gasteiger partial charge in [0.2, 0.25) is 0 Å². The van der Waals surface area contributed by atoms with Crippen molar-refractivity contribution in [1.29, 1.82) is 0 Å². The minimum atomic E-state index is 0.688. The Kier molecular flexibility index (Phi) is 2.16. The first-order valence-corrected chi connectivity index (χ1v) is 5.46. The Morgan fingerprint density at radius 1 is 1.31 bits per heavy atom. The molecule has 2 nitrogen and oxygen atoms in total. The minimum Gasteiger partial charge on any atom is -0.305 e. The van der Waals surface area contributed by atoms with Crippen LogP contribution in [0.2, 0.25) is 0 Å². The summed E-state index contributed by atoms with van der Waals surface area (Å²) in [6, 6.07) is 1.54. The summed E-state index contributed by atoms with van der Waals surface area (Å²) in [7, 11) is 4.46. The van der Waals surface area contributed by atoms with E-state index in [0.717, 1.165) is 12.1 Å². The summed E-state index contributed by atoms with van der Waals surface area (Å²) >= 11 is 0. The Bertz CT molecular complexity index is 194. The number of likely N-dealkylation sites (N-methyl/N-ethyl adjacent to an activating group) is 1. The molecule has 2 aliphatic rings. The van der Waals surface area contributed by atoms with Crippen molar-refractivity contribution in [2.24, 2.45) is 5.41 Å². The Morgan fingerprint density at radius 2 is 1.92 bits per heavy atom. The van der Waals surface area contributed by atoms with Gasteiger partial charge < -0.3 is 4.90 Å². The van der Waals surface area contributed by atoms with Gasteiger partial charge in [-0.2, -0.15) is 0 Å². The van der Waals surface area contributed by atoms with Gasteiger partial charge in [0, 0.05) is 25.2 Å². The highest BCUT2D eigenvalue weighted by Crippen LogP contribution is 2.54. The highest BCUT2D eigenvalue weighted by molar-refractivity contribution is 5.10. The van der Waals surface area contributed by atoms with E-state index in [1.807, 2.05) is 0 Å². The molecule has 1 saturated carbocycles. The van der Waals surface area contributed by atoms with Gasteiger partial charge in [-0.25, -0.2) is 0 Å². The third-order valence-corrected chi connectivity index (χ3v) is 3.88. The molecule has 0 radical (unpaired) electrons. The van der Waals surface area contributed by atoms with Gasteiger partial charge in [-0.1, -0.05) is 0 Å². The third-order valence-electron chi connectivity index (χ3n) is 3.88. The maximum Gasteiger partial charge on any atom is 0.0285 e. The Hall–Kier alpha value is -0.0800. The fourth-order valence-corrected chi connectivity index (χ4v) is 2.75. The van der Waals surface area contributed by atoms with Crippen LogP contribution < -0.4 is 0 Å². The Labute approximate surface area is 81.9 Å². The van der Waals surface area contributed by atoms with Crippen molar-refractivity contribution in [3.05, 3.63) is 0 Å². The van der Waals surface area contributed by atoms with Crippen LogP contribution in [0.1, 0.15) is 26.7 Å². The molecule has 13 heavy (non-hydrogen) atoms. The molecule has 1 heterocycles. The fraction of sp³-hybridized carbons (Fsp3) is 1.00. The topological polar surface area (TPSA) is 6.48 Å². The second-order valence-electron chi connectivity index (χ2n) is 5.36. The Morgan fingerprint density at radius 3 is 2.23 bits per heavy atom. The molecule has 1 unspecified atom stereocenters. The molecule has 0 amide bonds. The number of hydrogen-bond acceptors (Lipinski definition) is 2. The van der Waals surface area contributed by atoms with Gasteiger partial charge in [0.05, 0.1) is 0 Å². The van der Waals surface area contributed by atoms with Crippen molar-refractivity contribution in [2.75, 3.05) is 27.2 Å². The SMILES string of the molecule is CC(C)N1CC(N(C)C)C2(CC2)C1. The van der Waals surface area contributed by atoms with E-state index in [-0.39, 0.29) is 0 Å². The number of hydrogen-bond donors (Lipinski definition) is 0. The van der Waals surface area contributed by atoms with Gasteiger partial charge in [-0.3, -0.25) is 4.90 Å². The molecule has 76 valence electrons. The van der Waals surface area contributed by atoms with E-state index in [0.29, 0.717) is 5.41 Å². The lowest BCUT2D eigenvalue weighted by molar-refractivity contribution is 0.228. The predicted molar refractivity (Wildman–Crippen MR) is 55.9 cm³/mol. The molecule has 1 aliphatic carbocycles. The predicted octanol–water partition coefficient (Wildman–Crippen LogP) is 1.42. The lowest BCUT2D eigenvalue weighted by Gasteiger charge is -2.25. The lowest BCUT2D eigenvalue weighted by atomic mass is 10.0. The van der Waals surface area contributed by atoms with Crippen LogP contribution in [0.15, 0.2) is 0 Å². The maximum absolute atomic E-state index is 2.64. The molecule has 0 aromatic rings. The van der Waals surface area contributed by atoms with Crippen LogP contribution in [0.4, 0.5) is 0 Å². The second kappa shape index (κ2) is 2.96. The quantitative estimate of drug-likeness (QED) is 0.637. The van der Waals surface area contributed by atoms with Crippen molar-refractivity contribution in [3.8, 4) is 0 Å². The summed E-state index contributed by atoms with van der Waals surface area (Å²) in [4.78, 5) is 5.06. The molecule has 2 fully saturated rings. The maximum atomic E-state index is 2.64. The van der Waals surface area contributed by atoms with Crippen molar-refractivity contribution in [3.63, 3.8) is 0 Å². The normalized spacial score (nSPS) is 32.3. The van der Waals surface area contributed by atoms with E-state index in [1.165, 1.54) is 25.9 Å². The van der Waals surface area contributed by atoms with Crippen LogP contribution in [0, 0.1) is 5.41 Å². The summed E-state index contributed by atoms with van der Waals surface area (Å²) in [5.41, 5.74) is 0.688. The van der Waals surface area contributed by atoms with Gasteiger partial charge in [-0.05, 0) is 46.2 Å². The molecular formula is C11H22N2. The molecule has 0 N–H and O–H groups in total. The number of rotatable bonds is 2. The fourth-order valence-electron chi connectivity index (χ4n) is 2.75. The van der Waals surface area contributed by atoms with Gasteiger partial charge in [0.25, 0.3) is 0 Å². The zero-order valence-electron chi connectivity index (χ0n) is 9.38. The molecule has 1 saturated heterocycles. The zero-order valence-corrected chi connectivity index (χ0v) is 9.38. The van der Waals surface area contributed by atoms with Crippen LogP contribution in [0.3, 0.4) is 0 Å². The van der Waals surface area contributed by atoms with E-state index in [4.69, 9.17) is 0 Å². The van der Waals surface area contributed by atoms with E-state index in [9.17, 15) is 0 Å². The van der Waals surface area contributed by atoms with Gasteiger partial charge in [-0.15, -0.1) is 0 Å². The molecule has 1 atom stereocenters. The molecule has 0 bridgehead atoms. The van der Waals surface area contributed by atoms with E-state index in [2.05, 4.69) is 37.7 Å². The lowest BCUT2D eigenvalue weighted by Crippen LogP contribution is -2.36. The van der Waals surface area contributed by atoms with Crippen LogP contribution in [-0.2, 0) is 0 Å². The average molecular weight is 182 g/mol. The number of nitrogens with zero attached hydrogens (tertiary/aromatic N) is 2. The zero-order chi connectivity index (χ0) is 9.64. The summed E-state index contributed by atoms with van der Waals surface area (Å²) in [5.74, 6) is 0. The second-order valence-corrected chi connectivity index (χ2v) is 5.36. The standard InChI is InChI=1S/C11H22N2/c1-9(2)13-7-10(12(3)4)11(8-13)5-6-11/h9-10H,5-8H2,1-4H3. The molecule has 1 aliphatic heterocycles. The molecular weight excluding hydrogens is 160 g/mol. The van der Waals surface area contributed by atoms with Crippen LogP contribution in [0.5, 0.6) is 0 Å². The van der Waals surface area contributed by atoms with E-state index in [1.54, 1.807) is 0 Å². The molecule has 0 aromatic heterocycles. The van der Waals surface area contributed by atoms with Crippen LogP contribution >= 0.6 is 0 Å². The Balaban J connectivity index is 2.05. The molecule has 2 rings (SSSR count). The van der Waals surface area contributed by atoms with E-state index < -0.39 is 0 Å². The highest BCUT2D eigenvalue weighted by atomic mass is 15.3. The summed E-state index contributed by atoms with van der Waals surface area (Å²) in [6.45, 7) is 7.25. The van der Waals surface area contributed by atoms with Crippen LogP contribution in [0.25, 0.3) is 0 Å². The average Bonchev–Trinajstić information content (AvgIpc) is 2.61. The summed E-state index contributed by atoms with van der Waals surface area (Å²) in [6.07, 6.45) is 2.91. The number of likely N-dealkylation sites (tertiary alicyclic amines) is 1. The van der Waals surface area contributed by atoms with Crippen molar-refractivity contribution in [2.45, 2.75) is 38.8 Å². The first-order chi connectivity index (χ1) is 6.05. The smallest absolute Gasteiger partial charge is 0.0285 e. The third kappa shape index (κ3) is 1.50. The van der Waals surface area contributed by atoms with Gasteiger partial charge >= 0.3 is 0 Å². The largest absolute Gasteiger partial charge is 0.305 e. The monoisotopic (exact) mass is 182 g/mol. The van der Waals surface area contributed by atoms with Crippen LogP contribution in [-0.4, -0.2) is 49.1 Å². The molecule has 0 aromatic carbocycles. The molecule has 1 spiro atoms. The van der Waals surface area contributed by atoms with Crippen molar-refractivity contribution >= 4 is 0 Å². The summed E-state index contributed by atoms with van der Waals surface area (Å²) in [5, 5.41) is 0.